The molecule has 0 aliphatic carbocycles. The van der Waals surface area contributed by atoms with Crippen LogP contribution in [0.25, 0.3) is 0 Å². The SMILES string of the molecule is NN=C(N)SCCS(=O)(=O)O. The summed E-state index contributed by atoms with van der Waals surface area (Å²) >= 11 is 0.967. The molecule has 0 atom stereocenters. The lowest BCUT2D eigenvalue weighted by atomic mass is 11.0. The summed E-state index contributed by atoms with van der Waals surface area (Å²) in [5.41, 5.74) is 5.11. The highest BCUT2D eigenvalue weighted by atomic mass is 32.2. The van der Waals surface area contributed by atoms with Crippen molar-refractivity contribution in [3.63, 3.8) is 0 Å². The van der Waals surface area contributed by atoms with Crippen LogP contribution in [-0.4, -0.2) is 29.6 Å². The summed E-state index contributed by atoms with van der Waals surface area (Å²) in [4.78, 5) is 0. The van der Waals surface area contributed by atoms with E-state index >= 15 is 0 Å². The van der Waals surface area contributed by atoms with Gasteiger partial charge in [-0.1, -0.05) is 11.8 Å². The number of hydrazone groups is 1. The second-order valence-electron chi connectivity index (χ2n) is 1.60. The molecule has 5 N–H and O–H groups in total. The van der Waals surface area contributed by atoms with E-state index < -0.39 is 10.1 Å². The summed E-state index contributed by atoms with van der Waals surface area (Å²) < 4.78 is 28.5. The van der Waals surface area contributed by atoms with E-state index in [1.807, 2.05) is 0 Å². The Kier molecular flexibility index (Phi) is 4.23. The van der Waals surface area contributed by atoms with E-state index in [0.29, 0.717) is 0 Å². The summed E-state index contributed by atoms with van der Waals surface area (Å²) in [5.74, 6) is 4.54. The molecule has 0 radical (unpaired) electrons. The Labute approximate surface area is 68.8 Å². The molecular weight excluding hydrogens is 190 g/mol. The predicted molar refractivity (Wildman–Crippen MR) is 44.7 cm³/mol. The van der Waals surface area contributed by atoms with Gasteiger partial charge in [0.2, 0.25) is 0 Å². The lowest BCUT2D eigenvalue weighted by Gasteiger charge is -1.96. The highest BCUT2D eigenvalue weighted by Crippen LogP contribution is 1.99. The summed E-state index contributed by atoms with van der Waals surface area (Å²) in [6, 6.07) is 0. The zero-order valence-electron chi connectivity index (χ0n) is 5.60. The van der Waals surface area contributed by atoms with Crippen LogP contribution in [0.3, 0.4) is 0 Å². The quantitative estimate of drug-likeness (QED) is 0.173. The molecular formula is C3H9N3O3S2. The Bertz CT molecular complexity index is 234. The van der Waals surface area contributed by atoms with Gasteiger partial charge in [-0.3, -0.25) is 4.55 Å². The van der Waals surface area contributed by atoms with Gasteiger partial charge in [0.1, 0.15) is 0 Å². The fraction of sp³-hybridized carbons (Fsp3) is 0.667. The Morgan fingerprint density at radius 1 is 1.64 bits per heavy atom. The third-order valence-electron chi connectivity index (χ3n) is 0.718. The summed E-state index contributed by atoms with van der Waals surface area (Å²) in [7, 11) is -3.90. The number of hydrogen-bond donors (Lipinski definition) is 3. The fourth-order valence-electron chi connectivity index (χ4n) is 0.289. The number of rotatable bonds is 3. The number of nitrogens with zero attached hydrogens (tertiary/aromatic N) is 1. The molecule has 0 aliphatic heterocycles. The second kappa shape index (κ2) is 4.42. The minimum absolute atomic E-state index is 0.0913. The molecule has 0 amide bonds. The lowest BCUT2D eigenvalue weighted by Crippen LogP contribution is -2.13. The van der Waals surface area contributed by atoms with Gasteiger partial charge in [0.15, 0.2) is 5.17 Å². The summed E-state index contributed by atoms with van der Waals surface area (Å²) in [6.45, 7) is 0. The topological polar surface area (TPSA) is 119 Å². The van der Waals surface area contributed by atoms with Crippen LogP contribution >= 0.6 is 11.8 Å². The first-order valence-corrected chi connectivity index (χ1v) is 5.16. The third kappa shape index (κ3) is 7.43. The molecule has 0 aromatic heterocycles. The molecule has 0 bridgehead atoms. The monoisotopic (exact) mass is 199 g/mol. The fourth-order valence-corrected chi connectivity index (χ4v) is 1.75. The maximum Gasteiger partial charge on any atom is 0.265 e. The number of hydrogen-bond acceptors (Lipinski definition) is 5. The van der Waals surface area contributed by atoms with E-state index in [-0.39, 0.29) is 16.7 Å². The van der Waals surface area contributed by atoms with Gasteiger partial charge in [-0.15, -0.1) is 0 Å². The van der Waals surface area contributed by atoms with Crippen molar-refractivity contribution in [1.29, 1.82) is 0 Å². The summed E-state index contributed by atoms with van der Waals surface area (Å²) in [6.07, 6.45) is 0. The maximum atomic E-state index is 10.1. The van der Waals surface area contributed by atoms with Crippen molar-refractivity contribution in [1.82, 2.24) is 0 Å². The van der Waals surface area contributed by atoms with E-state index in [1.54, 1.807) is 0 Å². The Morgan fingerprint density at radius 3 is 2.55 bits per heavy atom. The van der Waals surface area contributed by atoms with Crippen molar-refractivity contribution in [2.75, 3.05) is 11.5 Å². The van der Waals surface area contributed by atoms with Crippen LogP contribution in [0.1, 0.15) is 0 Å². The van der Waals surface area contributed by atoms with E-state index in [0.717, 1.165) is 11.8 Å². The smallest absolute Gasteiger partial charge is 0.265 e. The Balaban J connectivity index is 3.60. The van der Waals surface area contributed by atoms with Crippen molar-refractivity contribution >= 4 is 27.0 Å². The minimum Gasteiger partial charge on any atom is -0.377 e. The molecule has 0 rings (SSSR count). The largest absolute Gasteiger partial charge is 0.377 e. The average molecular weight is 199 g/mol. The van der Waals surface area contributed by atoms with Crippen LogP contribution in [0.4, 0.5) is 0 Å². The number of amidine groups is 1. The molecule has 11 heavy (non-hydrogen) atoms. The van der Waals surface area contributed by atoms with E-state index in [9.17, 15) is 8.42 Å². The van der Waals surface area contributed by atoms with Gasteiger partial charge in [0.05, 0.1) is 5.75 Å². The Morgan fingerprint density at radius 2 is 2.18 bits per heavy atom. The molecule has 0 spiro atoms. The van der Waals surface area contributed by atoms with Gasteiger partial charge in [0, 0.05) is 5.75 Å². The zero-order valence-corrected chi connectivity index (χ0v) is 7.23. The molecule has 0 fully saturated rings. The number of nitrogens with two attached hydrogens (primary N) is 2. The van der Waals surface area contributed by atoms with Crippen molar-refractivity contribution in [3.8, 4) is 0 Å². The third-order valence-corrected chi connectivity index (χ3v) is 2.51. The van der Waals surface area contributed by atoms with E-state index in [4.69, 9.17) is 16.1 Å². The second-order valence-corrected chi connectivity index (χ2v) is 4.29. The van der Waals surface area contributed by atoms with Crippen LogP contribution in [0, 0.1) is 0 Å². The molecule has 0 saturated heterocycles. The van der Waals surface area contributed by atoms with Gasteiger partial charge in [-0.05, 0) is 0 Å². The molecule has 6 nitrogen and oxygen atoms in total. The highest BCUT2D eigenvalue weighted by Gasteiger charge is 2.04. The molecule has 0 aromatic rings. The predicted octanol–water partition coefficient (Wildman–Crippen LogP) is -1.20. The molecule has 0 heterocycles. The van der Waals surface area contributed by atoms with Gasteiger partial charge in [-0.2, -0.15) is 13.5 Å². The normalized spacial score (nSPS) is 13.4. The number of thioether (sulfide) groups is 1. The Hall–Kier alpha value is -0.470. The average Bonchev–Trinajstić information content (AvgIpc) is 1.85. The molecule has 0 aromatic carbocycles. The first kappa shape index (κ1) is 10.5. The van der Waals surface area contributed by atoms with Crippen LogP contribution in [0.5, 0.6) is 0 Å². The molecule has 0 saturated carbocycles. The van der Waals surface area contributed by atoms with Crippen LogP contribution in [-0.2, 0) is 10.1 Å². The van der Waals surface area contributed by atoms with Gasteiger partial charge in [0.25, 0.3) is 10.1 Å². The van der Waals surface area contributed by atoms with Crippen LogP contribution < -0.4 is 11.6 Å². The first-order chi connectivity index (χ1) is 4.95. The van der Waals surface area contributed by atoms with Crippen molar-refractivity contribution in [3.05, 3.63) is 0 Å². The lowest BCUT2D eigenvalue weighted by molar-refractivity contribution is 0.485. The van der Waals surface area contributed by atoms with E-state index in [1.165, 1.54) is 0 Å². The van der Waals surface area contributed by atoms with Crippen molar-refractivity contribution < 1.29 is 13.0 Å². The van der Waals surface area contributed by atoms with Gasteiger partial charge in [-0.25, -0.2) is 0 Å². The first-order valence-electron chi connectivity index (χ1n) is 2.57. The standard InChI is InChI=1S/C3H9N3O3S2/c4-3(6-5)10-1-2-11(7,8)9/h1-2,5H2,(H2,4,6)(H,7,8,9). The van der Waals surface area contributed by atoms with Crippen LogP contribution in [0.2, 0.25) is 0 Å². The highest BCUT2D eigenvalue weighted by molar-refractivity contribution is 8.14. The van der Waals surface area contributed by atoms with E-state index in [2.05, 4.69) is 5.10 Å². The molecule has 8 heteroatoms. The minimum atomic E-state index is -3.90. The zero-order chi connectivity index (χ0) is 8.91. The molecule has 0 unspecified atom stereocenters. The summed E-state index contributed by atoms with van der Waals surface area (Å²) in [5, 5.41) is 3.18. The van der Waals surface area contributed by atoms with Crippen LogP contribution in [0.15, 0.2) is 5.10 Å². The van der Waals surface area contributed by atoms with Crippen molar-refractivity contribution in [2.45, 2.75) is 0 Å². The molecule has 0 aliphatic rings. The van der Waals surface area contributed by atoms with Gasteiger partial charge < -0.3 is 11.6 Å². The molecule has 66 valence electrons. The van der Waals surface area contributed by atoms with Crippen molar-refractivity contribution in [2.24, 2.45) is 16.7 Å². The van der Waals surface area contributed by atoms with Gasteiger partial charge >= 0.3 is 0 Å². The maximum absolute atomic E-state index is 10.1.